The Kier molecular flexibility index (Phi) is 5.57. The van der Waals surface area contributed by atoms with Crippen LogP contribution in [0.15, 0.2) is 22.5 Å². The van der Waals surface area contributed by atoms with Crippen LogP contribution >= 0.6 is 23.1 Å². The maximum absolute atomic E-state index is 12.5. The minimum absolute atomic E-state index is 0.0882. The van der Waals surface area contributed by atoms with Crippen LogP contribution in [0.4, 0.5) is 0 Å². The molecule has 3 rings (SSSR count). The van der Waals surface area contributed by atoms with Crippen molar-refractivity contribution < 1.29 is 14.3 Å². The van der Waals surface area contributed by atoms with E-state index in [9.17, 15) is 4.79 Å². The molecule has 0 radical (unpaired) electrons. The van der Waals surface area contributed by atoms with E-state index >= 15 is 0 Å². The third-order valence-electron chi connectivity index (χ3n) is 3.54. The van der Waals surface area contributed by atoms with Crippen LogP contribution in [0, 0.1) is 6.92 Å². The summed E-state index contributed by atoms with van der Waals surface area (Å²) < 4.78 is 12.0. The number of hydrogen-bond donors (Lipinski definition) is 0. The van der Waals surface area contributed by atoms with E-state index in [1.165, 1.54) is 23.1 Å². The molecule has 0 saturated carbocycles. The monoisotopic (exact) mass is 365 g/mol. The van der Waals surface area contributed by atoms with E-state index in [0.717, 1.165) is 26.4 Å². The summed E-state index contributed by atoms with van der Waals surface area (Å²) in [6.07, 6.45) is 0. The molecule has 24 heavy (non-hydrogen) atoms. The van der Waals surface area contributed by atoms with Crippen LogP contribution in [0.3, 0.4) is 0 Å². The Morgan fingerprint density at radius 3 is 2.79 bits per heavy atom. The standard InChI is InChI=1S/C16H19N3O3S2/c1-3-19(15(20)10-23-16-18-17-11(2)24-16)9-12-4-5-13-14(8-12)22-7-6-21-13/h4-5,8H,3,6-7,9-10H2,1-2H3. The van der Waals surface area contributed by atoms with Crippen molar-refractivity contribution in [2.75, 3.05) is 25.5 Å². The fraction of sp³-hybridized carbons (Fsp3) is 0.438. The number of thioether (sulfide) groups is 1. The maximum Gasteiger partial charge on any atom is 0.233 e. The molecule has 0 bridgehead atoms. The van der Waals surface area contributed by atoms with Crippen LogP contribution in [0.1, 0.15) is 17.5 Å². The van der Waals surface area contributed by atoms with Gasteiger partial charge in [-0.2, -0.15) is 0 Å². The summed E-state index contributed by atoms with van der Waals surface area (Å²) in [7, 11) is 0. The second-order valence-corrected chi connectivity index (χ2v) is 7.67. The van der Waals surface area contributed by atoms with Gasteiger partial charge in [0.05, 0.1) is 5.75 Å². The van der Waals surface area contributed by atoms with Gasteiger partial charge in [-0.05, 0) is 31.5 Å². The van der Waals surface area contributed by atoms with Crippen LogP contribution in [0.5, 0.6) is 11.5 Å². The van der Waals surface area contributed by atoms with Gasteiger partial charge in [-0.25, -0.2) is 0 Å². The van der Waals surface area contributed by atoms with E-state index in [1.54, 1.807) is 0 Å². The fourth-order valence-corrected chi connectivity index (χ4v) is 4.05. The zero-order valence-corrected chi connectivity index (χ0v) is 15.3. The molecule has 1 aromatic heterocycles. The van der Waals surface area contributed by atoms with Gasteiger partial charge in [0.15, 0.2) is 15.8 Å². The van der Waals surface area contributed by atoms with Crippen molar-refractivity contribution in [2.24, 2.45) is 0 Å². The molecule has 2 aromatic rings. The Morgan fingerprint density at radius 1 is 1.29 bits per heavy atom. The Morgan fingerprint density at radius 2 is 2.08 bits per heavy atom. The molecule has 2 heterocycles. The Bertz CT molecular complexity index is 720. The second kappa shape index (κ2) is 7.85. The van der Waals surface area contributed by atoms with E-state index in [1.807, 2.05) is 36.9 Å². The van der Waals surface area contributed by atoms with Crippen molar-refractivity contribution in [2.45, 2.75) is 24.7 Å². The molecule has 0 fully saturated rings. The van der Waals surface area contributed by atoms with Gasteiger partial charge in [0.1, 0.15) is 18.2 Å². The molecular formula is C16H19N3O3S2. The van der Waals surface area contributed by atoms with Gasteiger partial charge < -0.3 is 14.4 Å². The van der Waals surface area contributed by atoms with Gasteiger partial charge in [-0.1, -0.05) is 29.2 Å². The summed E-state index contributed by atoms with van der Waals surface area (Å²) >= 11 is 2.94. The van der Waals surface area contributed by atoms with Crippen LogP contribution in [0.25, 0.3) is 0 Å². The number of amides is 1. The van der Waals surface area contributed by atoms with Crippen LogP contribution in [0.2, 0.25) is 0 Å². The number of fused-ring (bicyclic) bond motifs is 1. The van der Waals surface area contributed by atoms with Crippen molar-refractivity contribution >= 4 is 29.0 Å². The molecule has 6 nitrogen and oxygen atoms in total. The van der Waals surface area contributed by atoms with Gasteiger partial charge in [0.2, 0.25) is 5.91 Å². The number of benzene rings is 1. The third-order valence-corrected chi connectivity index (χ3v) is 5.50. The predicted molar refractivity (Wildman–Crippen MR) is 93.9 cm³/mol. The molecule has 0 atom stereocenters. The number of carbonyl (C=O) groups excluding carboxylic acids is 1. The lowest BCUT2D eigenvalue weighted by atomic mass is 10.2. The van der Waals surface area contributed by atoms with Gasteiger partial charge in [-0.15, -0.1) is 10.2 Å². The molecule has 1 amide bonds. The third kappa shape index (κ3) is 4.18. The molecule has 128 valence electrons. The number of rotatable bonds is 6. The van der Waals surface area contributed by atoms with Crippen molar-refractivity contribution in [1.29, 1.82) is 0 Å². The largest absolute Gasteiger partial charge is 0.486 e. The van der Waals surface area contributed by atoms with Gasteiger partial charge in [0, 0.05) is 13.1 Å². The quantitative estimate of drug-likeness (QED) is 0.734. The highest BCUT2D eigenvalue weighted by Crippen LogP contribution is 2.31. The first-order valence-corrected chi connectivity index (χ1v) is 9.55. The highest BCUT2D eigenvalue weighted by Gasteiger charge is 2.16. The first-order valence-electron chi connectivity index (χ1n) is 7.75. The SMILES string of the molecule is CCN(Cc1ccc2c(c1)OCCO2)C(=O)CSc1nnc(C)s1. The number of aryl methyl sites for hydroxylation is 1. The molecule has 1 aromatic carbocycles. The van der Waals surface area contributed by atoms with Gasteiger partial charge in [-0.3, -0.25) is 4.79 Å². The van der Waals surface area contributed by atoms with Gasteiger partial charge >= 0.3 is 0 Å². The summed E-state index contributed by atoms with van der Waals surface area (Å²) in [5, 5.41) is 8.91. The number of nitrogens with zero attached hydrogens (tertiary/aromatic N) is 3. The Hall–Kier alpha value is -1.80. The number of carbonyl (C=O) groups is 1. The van der Waals surface area contributed by atoms with Crippen LogP contribution in [-0.2, 0) is 11.3 Å². The summed E-state index contributed by atoms with van der Waals surface area (Å²) in [5.74, 6) is 1.97. The number of aromatic nitrogens is 2. The molecule has 1 aliphatic rings. The molecule has 0 unspecified atom stereocenters. The highest BCUT2D eigenvalue weighted by molar-refractivity contribution is 8.01. The van der Waals surface area contributed by atoms with E-state index in [2.05, 4.69) is 10.2 Å². The lowest BCUT2D eigenvalue weighted by Crippen LogP contribution is -2.31. The van der Waals surface area contributed by atoms with E-state index in [-0.39, 0.29) is 5.91 Å². The van der Waals surface area contributed by atoms with Crippen LogP contribution < -0.4 is 9.47 Å². The summed E-state index contributed by atoms with van der Waals surface area (Å²) in [6, 6.07) is 5.83. The van der Waals surface area contributed by atoms with Crippen molar-refractivity contribution in [3.05, 3.63) is 28.8 Å². The molecule has 1 aliphatic heterocycles. The average molecular weight is 365 g/mol. The summed E-state index contributed by atoms with van der Waals surface area (Å²) in [6.45, 7) is 6.24. The first kappa shape index (κ1) is 17.0. The lowest BCUT2D eigenvalue weighted by Gasteiger charge is -2.23. The molecule has 0 spiro atoms. The van der Waals surface area contributed by atoms with Crippen molar-refractivity contribution in [1.82, 2.24) is 15.1 Å². The minimum atomic E-state index is 0.0882. The lowest BCUT2D eigenvalue weighted by molar-refractivity contribution is -0.128. The average Bonchev–Trinajstić information content (AvgIpc) is 3.02. The van der Waals surface area contributed by atoms with Crippen molar-refractivity contribution in [3.63, 3.8) is 0 Å². The second-order valence-electron chi connectivity index (χ2n) is 5.26. The van der Waals surface area contributed by atoms with Gasteiger partial charge in [0.25, 0.3) is 0 Å². The Balaban J connectivity index is 1.60. The first-order chi connectivity index (χ1) is 11.7. The highest BCUT2D eigenvalue weighted by atomic mass is 32.2. The summed E-state index contributed by atoms with van der Waals surface area (Å²) in [4.78, 5) is 14.3. The maximum atomic E-state index is 12.5. The van der Waals surface area contributed by atoms with E-state index in [0.29, 0.717) is 32.1 Å². The molecule has 0 N–H and O–H groups in total. The topological polar surface area (TPSA) is 64.6 Å². The smallest absolute Gasteiger partial charge is 0.233 e. The zero-order chi connectivity index (χ0) is 16.9. The normalized spacial score (nSPS) is 12.9. The Labute approximate surface area is 149 Å². The molecular weight excluding hydrogens is 346 g/mol. The minimum Gasteiger partial charge on any atom is -0.486 e. The number of hydrogen-bond acceptors (Lipinski definition) is 7. The zero-order valence-electron chi connectivity index (χ0n) is 13.7. The van der Waals surface area contributed by atoms with Crippen molar-refractivity contribution in [3.8, 4) is 11.5 Å². The van der Waals surface area contributed by atoms with Crippen LogP contribution in [-0.4, -0.2) is 46.5 Å². The molecule has 0 saturated heterocycles. The predicted octanol–water partition coefficient (Wildman–Crippen LogP) is 2.76. The number of ether oxygens (including phenoxy) is 2. The summed E-state index contributed by atoms with van der Waals surface area (Å²) in [5.41, 5.74) is 1.03. The van der Waals surface area contributed by atoms with E-state index in [4.69, 9.17) is 9.47 Å². The van der Waals surface area contributed by atoms with E-state index < -0.39 is 0 Å². The molecule has 0 aliphatic carbocycles. The molecule has 8 heteroatoms. The fourth-order valence-electron chi connectivity index (χ4n) is 2.33.